The molecule has 0 spiro atoms. The van der Waals surface area contributed by atoms with Crippen molar-refractivity contribution in [2.75, 3.05) is 35.4 Å². The van der Waals surface area contributed by atoms with Gasteiger partial charge in [0.15, 0.2) is 18.4 Å². The summed E-state index contributed by atoms with van der Waals surface area (Å²) in [5.74, 6) is 0.111. The van der Waals surface area contributed by atoms with E-state index in [0.717, 1.165) is 50.5 Å². The normalized spacial score (nSPS) is 45.7. The minimum Gasteiger partial charge on any atom is -0.462 e. The maximum absolute atomic E-state index is 15.2. The SMILES string of the molecule is CC[C@H]1CCC[C@H](O[C@H]2CC[C@H](N(C)C)C(C)O2)[C@@H](C)C(=O)C2=C[C@H]3[C@@H]4C[C@H](O[C@@H]5OC(C)[C@H](OC)C(OC)[C@@H]5OC)C[C@H]4[C@H]4[C@@H]([C@H]3[C@@H]2CC(=O)O1)N4[C@H](C)c1ccccc1. The van der Waals surface area contributed by atoms with E-state index in [4.69, 9.17) is 37.9 Å². The number of Topliss-reactive ketones (excluding diaryl/α,β-unsaturated/α-hetero) is 1. The Kier molecular flexibility index (Phi) is 14.2. The summed E-state index contributed by atoms with van der Waals surface area (Å²) < 4.78 is 50.7. The number of hydrogen-bond donors (Lipinski definition) is 0. The van der Waals surface area contributed by atoms with Crippen molar-refractivity contribution in [3.8, 4) is 0 Å². The van der Waals surface area contributed by atoms with Crippen LogP contribution in [0.5, 0.6) is 0 Å². The summed E-state index contributed by atoms with van der Waals surface area (Å²) in [6.45, 7) is 10.6. The molecular weight excluding hydrogens is 777 g/mol. The van der Waals surface area contributed by atoms with Crippen LogP contribution in [0.15, 0.2) is 42.0 Å². The third-order valence-corrected chi connectivity index (χ3v) is 16.2. The van der Waals surface area contributed by atoms with E-state index in [2.05, 4.69) is 81.1 Å². The highest BCUT2D eigenvalue weighted by Crippen LogP contribution is 2.65. The van der Waals surface area contributed by atoms with Crippen LogP contribution < -0.4 is 0 Å². The Morgan fingerprint density at radius 3 is 2.23 bits per heavy atom. The molecule has 7 aliphatic rings. The third kappa shape index (κ3) is 8.80. The fourth-order valence-electron chi connectivity index (χ4n) is 13.1. The Labute approximate surface area is 364 Å². The van der Waals surface area contributed by atoms with E-state index >= 15 is 4.79 Å². The summed E-state index contributed by atoms with van der Waals surface area (Å²) in [4.78, 5) is 34.2. The monoisotopic (exact) mass is 851 g/mol. The van der Waals surface area contributed by atoms with Crippen LogP contribution in [0.1, 0.15) is 104 Å². The molecule has 4 aliphatic heterocycles. The first-order chi connectivity index (χ1) is 29.4. The molecule has 0 aromatic heterocycles. The number of esters is 1. The second kappa shape index (κ2) is 19.1. The molecule has 2 saturated carbocycles. The van der Waals surface area contributed by atoms with Gasteiger partial charge in [0.25, 0.3) is 0 Å². The maximum Gasteiger partial charge on any atom is 0.306 e. The lowest BCUT2D eigenvalue weighted by molar-refractivity contribution is -0.314. The van der Waals surface area contributed by atoms with Crippen molar-refractivity contribution in [3.05, 3.63) is 47.5 Å². The largest absolute Gasteiger partial charge is 0.462 e. The Hall–Kier alpha value is -2.26. The molecule has 0 bridgehead atoms. The van der Waals surface area contributed by atoms with E-state index in [1.54, 1.807) is 21.3 Å². The molecule has 8 rings (SSSR count). The van der Waals surface area contributed by atoms with Crippen molar-refractivity contribution in [1.82, 2.24) is 9.80 Å². The van der Waals surface area contributed by atoms with Gasteiger partial charge in [-0.15, -0.1) is 0 Å². The van der Waals surface area contributed by atoms with Crippen LogP contribution in [-0.2, 0) is 47.5 Å². The number of methoxy groups -OCH3 is 3. The molecule has 21 atom stereocenters. The Morgan fingerprint density at radius 1 is 0.836 bits per heavy atom. The number of carbonyl (C=O) groups is 2. The van der Waals surface area contributed by atoms with Crippen molar-refractivity contribution >= 4 is 11.8 Å². The molecule has 12 nitrogen and oxygen atoms in total. The highest BCUT2D eigenvalue weighted by Gasteiger charge is 2.70. The number of allylic oxidation sites excluding steroid dienone is 2. The number of ketones is 1. The van der Waals surface area contributed by atoms with E-state index in [0.29, 0.717) is 24.4 Å². The number of rotatable bonds is 11. The third-order valence-electron chi connectivity index (χ3n) is 16.2. The second-order valence-electron chi connectivity index (χ2n) is 19.6. The van der Waals surface area contributed by atoms with Crippen LogP contribution in [0.3, 0.4) is 0 Å². The van der Waals surface area contributed by atoms with Gasteiger partial charge in [-0.3, -0.25) is 14.5 Å². The second-order valence-corrected chi connectivity index (χ2v) is 19.6. The fourth-order valence-corrected chi connectivity index (χ4v) is 13.1. The van der Waals surface area contributed by atoms with Gasteiger partial charge < -0.3 is 42.8 Å². The minimum atomic E-state index is -0.617. The first kappa shape index (κ1) is 45.3. The molecule has 0 amide bonds. The smallest absolute Gasteiger partial charge is 0.306 e. The number of hydrogen-bond acceptors (Lipinski definition) is 12. The Morgan fingerprint density at radius 2 is 1.56 bits per heavy atom. The quantitative estimate of drug-likeness (QED) is 0.174. The molecule has 4 unspecified atom stereocenters. The molecule has 0 radical (unpaired) electrons. The standard InChI is InChI=1S/C49H74N2O10/c1-11-31-18-15-19-39(61-41-21-20-38(50(6)7)28(4)57-41)26(2)45(53)37-24-34-33-22-32(60-49-48(56-10)47(55-9)46(54-8)29(5)58-49)23-36(33)43-44(42(34)35(37)25-40(52)59-31)51(43)27(3)30-16-13-12-14-17-30/h12-14,16-17,24,26-29,31-36,38-39,41-44,46-49H,11,15,18-23,25H2,1-10H3/t26-,27-,28?,29?,31+,32+,33+,34+,35-,36-,38+,39+,41+,42-,43+,44-,46+,47?,48+,49+,51?/m1/s1. The topological polar surface area (TPSA) is 114 Å². The van der Waals surface area contributed by atoms with Crippen LogP contribution in [0.2, 0.25) is 0 Å². The molecule has 12 heteroatoms. The van der Waals surface area contributed by atoms with Gasteiger partial charge in [0.1, 0.15) is 24.4 Å². The molecule has 0 N–H and O–H groups in total. The Bertz CT molecular complexity index is 1690. The number of nitrogens with zero attached hydrogens (tertiary/aromatic N) is 2. The van der Waals surface area contributed by atoms with Crippen LogP contribution in [0, 0.1) is 35.5 Å². The van der Waals surface area contributed by atoms with Crippen LogP contribution in [-0.4, -0.2) is 137 Å². The van der Waals surface area contributed by atoms with Gasteiger partial charge in [0.2, 0.25) is 0 Å². The van der Waals surface area contributed by atoms with Crippen LogP contribution >= 0.6 is 0 Å². The zero-order chi connectivity index (χ0) is 43.3. The predicted molar refractivity (Wildman–Crippen MR) is 229 cm³/mol. The van der Waals surface area contributed by atoms with E-state index in [9.17, 15) is 4.79 Å². The average Bonchev–Trinajstić information content (AvgIpc) is 3.65. The van der Waals surface area contributed by atoms with E-state index in [1.807, 2.05) is 13.8 Å². The van der Waals surface area contributed by atoms with Crippen LogP contribution in [0.25, 0.3) is 0 Å². The van der Waals surface area contributed by atoms with E-state index < -0.39 is 12.4 Å². The van der Waals surface area contributed by atoms with E-state index in [-0.39, 0.29) is 109 Å². The molecule has 1 aromatic carbocycles. The highest BCUT2D eigenvalue weighted by atomic mass is 16.7. The van der Waals surface area contributed by atoms with Gasteiger partial charge in [-0.1, -0.05) is 50.3 Å². The highest BCUT2D eigenvalue weighted by molar-refractivity contribution is 5.99. The zero-order valence-electron chi connectivity index (χ0n) is 38.4. The molecule has 1 aromatic rings. The lowest BCUT2D eigenvalue weighted by atomic mass is 9.66. The van der Waals surface area contributed by atoms with Gasteiger partial charge in [-0.05, 0) is 121 Å². The maximum atomic E-state index is 15.2. The Balaban J connectivity index is 1.10. The van der Waals surface area contributed by atoms with Crippen molar-refractivity contribution in [2.24, 2.45) is 35.5 Å². The molecule has 6 fully saturated rings. The number of likely N-dealkylation sites (N-methyl/N-ethyl adjacent to an activating group) is 1. The number of benzene rings is 1. The van der Waals surface area contributed by atoms with Crippen molar-refractivity contribution in [3.63, 3.8) is 0 Å². The summed E-state index contributed by atoms with van der Waals surface area (Å²) in [5, 5.41) is 0. The molecule has 4 heterocycles. The van der Waals surface area contributed by atoms with Crippen LogP contribution in [0.4, 0.5) is 0 Å². The first-order valence-electron chi connectivity index (χ1n) is 23.5. The van der Waals surface area contributed by atoms with Crippen molar-refractivity contribution < 1.29 is 47.5 Å². The minimum absolute atomic E-state index is 0.0250. The molecule has 340 valence electrons. The lowest BCUT2D eigenvalue weighted by Crippen LogP contribution is -2.59. The van der Waals surface area contributed by atoms with Crippen molar-refractivity contribution in [1.29, 1.82) is 0 Å². The van der Waals surface area contributed by atoms with E-state index in [1.165, 1.54) is 5.56 Å². The summed E-state index contributed by atoms with van der Waals surface area (Å²) in [6, 6.07) is 11.8. The number of cyclic esters (lactones) is 1. The summed E-state index contributed by atoms with van der Waals surface area (Å²) in [6.07, 6.45) is 6.15. The molecule has 3 aliphatic carbocycles. The lowest BCUT2D eigenvalue weighted by Gasteiger charge is -2.44. The average molecular weight is 851 g/mol. The number of likely N-dealkylation sites (tertiary alicyclic amines) is 1. The summed E-state index contributed by atoms with van der Waals surface area (Å²) in [7, 11) is 9.23. The van der Waals surface area contributed by atoms with Crippen molar-refractivity contribution in [2.45, 2.75) is 178 Å². The molecular formula is C49H74N2O10. The predicted octanol–water partition coefficient (Wildman–Crippen LogP) is 6.75. The summed E-state index contributed by atoms with van der Waals surface area (Å²) in [5.41, 5.74) is 2.07. The number of carbonyl (C=O) groups excluding carboxylic acids is 2. The molecule has 61 heavy (non-hydrogen) atoms. The number of ether oxygens (including phenoxy) is 8. The zero-order valence-corrected chi connectivity index (χ0v) is 38.4. The van der Waals surface area contributed by atoms with Gasteiger partial charge in [-0.2, -0.15) is 0 Å². The van der Waals surface area contributed by atoms with Gasteiger partial charge in [-0.25, -0.2) is 0 Å². The van der Waals surface area contributed by atoms with Gasteiger partial charge in [0, 0.05) is 57.3 Å². The van der Waals surface area contributed by atoms with Gasteiger partial charge in [0.05, 0.1) is 30.8 Å². The molecule has 4 saturated heterocycles. The summed E-state index contributed by atoms with van der Waals surface area (Å²) >= 11 is 0. The fraction of sp³-hybridized carbons (Fsp3) is 0.796. The first-order valence-corrected chi connectivity index (χ1v) is 23.5. The van der Waals surface area contributed by atoms with Gasteiger partial charge >= 0.3 is 5.97 Å². The number of fused-ring (bicyclic) bond motifs is 8.